The summed E-state index contributed by atoms with van der Waals surface area (Å²) in [5.74, 6) is 0.543. The highest BCUT2D eigenvalue weighted by atomic mass is 35.5. The fourth-order valence-electron chi connectivity index (χ4n) is 1.69. The van der Waals surface area contributed by atoms with Gasteiger partial charge in [0.25, 0.3) is 0 Å². The molecule has 2 aromatic rings. The Morgan fingerprint density at radius 1 is 1.44 bits per heavy atom. The Kier molecular flexibility index (Phi) is 3.99. The molecule has 1 heterocycles. The maximum atomic E-state index is 13.5. The average Bonchev–Trinajstić information content (AvgIpc) is 2.79. The Labute approximate surface area is 110 Å². The van der Waals surface area contributed by atoms with Crippen LogP contribution in [0.25, 0.3) is 11.3 Å². The molecule has 96 valence electrons. The SMILES string of the molecule is CCNCc1ncc(-c2cc(F)c(C)cc2Cl)[nH]1. The largest absolute Gasteiger partial charge is 0.341 e. The zero-order valence-corrected chi connectivity index (χ0v) is 11.1. The molecule has 0 unspecified atom stereocenters. The third-order valence-electron chi connectivity index (χ3n) is 2.71. The number of benzene rings is 1. The van der Waals surface area contributed by atoms with Crippen LogP contribution in [-0.2, 0) is 6.54 Å². The van der Waals surface area contributed by atoms with Gasteiger partial charge < -0.3 is 10.3 Å². The van der Waals surface area contributed by atoms with E-state index in [2.05, 4.69) is 15.3 Å². The number of halogens is 2. The molecule has 0 fully saturated rings. The molecule has 0 spiro atoms. The number of aryl methyl sites for hydroxylation is 1. The standard InChI is InChI=1S/C13H15ClFN3/c1-3-16-7-13-17-6-12(18-13)9-5-11(15)8(2)4-10(9)14/h4-6,16H,3,7H2,1-2H3,(H,17,18). The van der Waals surface area contributed by atoms with E-state index in [1.54, 1.807) is 19.2 Å². The number of aromatic nitrogens is 2. The number of nitrogens with zero attached hydrogens (tertiary/aromatic N) is 1. The van der Waals surface area contributed by atoms with E-state index in [0.717, 1.165) is 18.1 Å². The predicted octanol–water partition coefficient (Wildman–Crippen LogP) is 3.29. The van der Waals surface area contributed by atoms with Crippen LogP contribution in [0.15, 0.2) is 18.3 Å². The summed E-state index contributed by atoms with van der Waals surface area (Å²) in [7, 11) is 0. The number of hydrogen-bond donors (Lipinski definition) is 2. The molecule has 0 amide bonds. The molecule has 0 radical (unpaired) electrons. The topological polar surface area (TPSA) is 40.7 Å². The number of rotatable bonds is 4. The molecule has 5 heteroatoms. The molecule has 2 N–H and O–H groups in total. The fourth-order valence-corrected chi connectivity index (χ4v) is 2.01. The Bertz CT molecular complexity index is 551. The lowest BCUT2D eigenvalue weighted by Gasteiger charge is -2.04. The molecule has 0 aliphatic heterocycles. The highest BCUT2D eigenvalue weighted by Crippen LogP contribution is 2.29. The summed E-state index contributed by atoms with van der Waals surface area (Å²) in [5.41, 5.74) is 1.90. The summed E-state index contributed by atoms with van der Waals surface area (Å²) < 4.78 is 13.5. The van der Waals surface area contributed by atoms with Crippen LogP contribution in [0.3, 0.4) is 0 Å². The van der Waals surface area contributed by atoms with Gasteiger partial charge in [-0.3, -0.25) is 0 Å². The van der Waals surface area contributed by atoms with Crippen molar-refractivity contribution in [2.24, 2.45) is 0 Å². The number of nitrogens with one attached hydrogen (secondary N) is 2. The molecular weight excluding hydrogens is 253 g/mol. The van der Waals surface area contributed by atoms with Crippen molar-refractivity contribution >= 4 is 11.6 Å². The molecular formula is C13H15ClFN3. The van der Waals surface area contributed by atoms with Crippen molar-refractivity contribution in [1.29, 1.82) is 0 Å². The quantitative estimate of drug-likeness (QED) is 0.892. The Hall–Kier alpha value is -1.39. The first-order valence-electron chi connectivity index (χ1n) is 5.82. The fraction of sp³-hybridized carbons (Fsp3) is 0.308. The van der Waals surface area contributed by atoms with Crippen LogP contribution in [0.2, 0.25) is 5.02 Å². The maximum Gasteiger partial charge on any atom is 0.126 e. The van der Waals surface area contributed by atoms with Gasteiger partial charge in [-0.2, -0.15) is 0 Å². The van der Waals surface area contributed by atoms with Crippen LogP contribution in [0.5, 0.6) is 0 Å². The lowest BCUT2D eigenvalue weighted by atomic mass is 10.1. The van der Waals surface area contributed by atoms with Gasteiger partial charge in [0.2, 0.25) is 0 Å². The van der Waals surface area contributed by atoms with E-state index in [9.17, 15) is 4.39 Å². The number of H-pyrrole nitrogens is 1. The van der Waals surface area contributed by atoms with Gasteiger partial charge in [0.05, 0.1) is 23.5 Å². The second-order valence-corrected chi connectivity index (χ2v) is 4.51. The molecule has 0 aliphatic carbocycles. The smallest absolute Gasteiger partial charge is 0.126 e. The van der Waals surface area contributed by atoms with Crippen LogP contribution in [0, 0.1) is 12.7 Å². The van der Waals surface area contributed by atoms with Gasteiger partial charge in [-0.15, -0.1) is 0 Å². The first-order chi connectivity index (χ1) is 8.61. The van der Waals surface area contributed by atoms with Crippen molar-refractivity contribution in [3.05, 3.63) is 40.6 Å². The molecule has 0 saturated heterocycles. The molecule has 2 rings (SSSR count). The van der Waals surface area contributed by atoms with Crippen molar-refractivity contribution in [3.8, 4) is 11.3 Å². The summed E-state index contributed by atoms with van der Waals surface area (Å²) >= 11 is 6.12. The first kappa shape index (κ1) is 13.1. The molecule has 0 saturated carbocycles. The summed E-state index contributed by atoms with van der Waals surface area (Å²) in [6.07, 6.45) is 1.67. The molecule has 18 heavy (non-hydrogen) atoms. The average molecular weight is 268 g/mol. The third kappa shape index (κ3) is 2.71. The summed E-state index contributed by atoms with van der Waals surface area (Å²) in [4.78, 5) is 7.35. The van der Waals surface area contributed by atoms with Crippen LogP contribution < -0.4 is 5.32 Å². The molecule has 3 nitrogen and oxygen atoms in total. The van der Waals surface area contributed by atoms with Crippen molar-refractivity contribution in [3.63, 3.8) is 0 Å². The van der Waals surface area contributed by atoms with Crippen LogP contribution in [0.4, 0.5) is 4.39 Å². The van der Waals surface area contributed by atoms with E-state index in [1.165, 1.54) is 6.07 Å². The minimum absolute atomic E-state index is 0.266. The number of hydrogen-bond acceptors (Lipinski definition) is 2. The second kappa shape index (κ2) is 5.50. The zero-order valence-electron chi connectivity index (χ0n) is 10.3. The highest BCUT2D eigenvalue weighted by molar-refractivity contribution is 6.33. The van der Waals surface area contributed by atoms with Crippen LogP contribution in [0.1, 0.15) is 18.3 Å². The Balaban J connectivity index is 2.31. The lowest BCUT2D eigenvalue weighted by molar-refractivity contribution is 0.619. The van der Waals surface area contributed by atoms with Gasteiger partial charge in [0.1, 0.15) is 11.6 Å². The van der Waals surface area contributed by atoms with Crippen LogP contribution >= 0.6 is 11.6 Å². The van der Waals surface area contributed by atoms with E-state index in [-0.39, 0.29) is 5.82 Å². The maximum absolute atomic E-state index is 13.5. The molecule has 0 bridgehead atoms. The van der Waals surface area contributed by atoms with Gasteiger partial charge in [0.15, 0.2) is 0 Å². The predicted molar refractivity (Wildman–Crippen MR) is 71.1 cm³/mol. The van der Waals surface area contributed by atoms with Crippen molar-refractivity contribution in [1.82, 2.24) is 15.3 Å². The Morgan fingerprint density at radius 3 is 2.94 bits per heavy atom. The molecule has 0 atom stereocenters. The zero-order chi connectivity index (χ0) is 13.1. The van der Waals surface area contributed by atoms with Gasteiger partial charge in [-0.25, -0.2) is 9.37 Å². The van der Waals surface area contributed by atoms with E-state index in [4.69, 9.17) is 11.6 Å². The molecule has 0 aliphatic rings. The summed E-state index contributed by atoms with van der Waals surface area (Å²) in [6, 6.07) is 3.05. The van der Waals surface area contributed by atoms with Crippen LogP contribution in [-0.4, -0.2) is 16.5 Å². The van der Waals surface area contributed by atoms with Gasteiger partial charge in [-0.1, -0.05) is 18.5 Å². The van der Waals surface area contributed by atoms with Crippen molar-refractivity contribution in [2.75, 3.05) is 6.54 Å². The van der Waals surface area contributed by atoms with Gasteiger partial charge in [0, 0.05) is 5.56 Å². The monoisotopic (exact) mass is 267 g/mol. The first-order valence-corrected chi connectivity index (χ1v) is 6.20. The Morgan fingerprint density at radius 2 is 2.22 bits per heavy atom. The van der Waals surface area contributed by atoms with Crippen molar-refractivity contribution < 1.29 is 4.39 Å². The van der Waals surface area contributed by atoms with E-state index >= 15 is 0 Å². The van der Waals surface area contributed by atoms with Crippen molar-refractivity contribution in [2.45, 2.75) is 20.4 Å². The second-order valence-electron chi connectivity index (χ2n) is 4.11. The third-order valence-corrected chi connectivity index (χ3v) is 3.02. The molecule has 1 aromatic carbocycles. The normalized spacial score (nSPS) is 10.9. The van der Waals surface area contributed by atoms with E-state index in [0.29, 0.717) is 22.7 Å². The molecule has 1 aromatic heterocycles. The number of imidazole rings is 1. The highest BCUT2D eigenvalue weighted by Gasteiger charge is 2.10. The van der Waals surface area contributed by atoms with E-state index in [1.807, 2.05) is 6.92 Å². The minimum atomic E-state index is -0.266. The van der Waals surface area contributed by atoms with Gasteiger partial charge in [-0.05, 0) is 31.2 Å². The minimum Gasteiger partial charge on any atom is -0.341 e. The van der Waals surface area contributed by atoms with E-state index < -0.39 is 0 Å². The lowest BCUT2D eigenvalue weighted by Crippen LogP contribution is -2.12. The number of aromatic amines is 1. The summed E-state index contributed by atoms with van der Waals surface area (Å²) in [6.45, 7) is 5.24. The summed E-state index contributed by atoms with van der Waals surface area (Å²) in [5, 5.41) is 3.68. The van der Waals surface area contributed by atoms with Gasteiger partial charge >= 0.3 is 0 Å².